The maximum Gasteiger partial charge on any atom is 0.292 e. The highest BCUT2D eigenvalue weighted by molar-refractivity contribution is 8.13. The SMILES string of the molecule is CC(=O)SCC1CC(=O)N(c2cc(C)ccc2[N+](=O)[O-])C1. The van der Waals surface area contributed by atoms with Gasteiger partial charge >= 0.3 is 0 Å². The summed E-state index contributed by atoms with van der Waals surface area (Å²) in [6.45, 7) is 3.74. The number of nitro groups is 1. The van der Waals surface area contributed by atoms with E-state index in [1.807, 2.05) is 6.92 Å². The first-order valence-electron chi connectivity index (χ1n) is 6.57. The molecule has 0 spiro atoms. The van der Waals surface area contributed by atoms with Crippen LogP contribution < -0.4 is 4.90 Å². The molecule has 7 heteroatoms. The molecule has 0 aliphatic carbocycles. The fourth-order valence-corrected chi connectivity index (χ4v) is 3.06. The van der Waals surface area contributed by atoms with Gasteiger partial charge in [0, 0.05) is 31.7 Å². The van der Waals surface area contributed by atoms with Crippen molar-refractivity contribution in [1.82, 2.24) is 0 Å². The van der Waals surface area contributed by atoms with Crippen LogP contribution in [0.3, 0.4) is 0 Å². The van der Waals surface area contributed by atoms with Crippen LogP contribution >= 0.6 is 11.8 Å². The summed E-state index contributed by atoms with van der Waals surface area (Å²) in [5, 5.41) is 11.1. The lowest BCUT2D eigenvalue weighted by atomic mass is 10.1. The number of carbonyl (C=O) groups is 2. The number of benzene rings is 1. The van der Waals surface area contributed by atoms with Crippen LogP contribution in [0.2, 0.25) is 0 Å². The van der Waals surface area contributed by atoms with Gasteiger partial charge in [-0.3, -0.25) is 19.7 Å². The molecule has 1 unspecified atom stereocenters. The smallest absolute Gasteiger partial charge is 0.292 e. The minimum absolute atomic E-state index is 0.0161. The van der Waals surface area contributed by atoms with Crippen molar-refractivity contribution in [3.8, 4) is 0 Å². The molecule has 1 aromatic rings. The number of hydrogen-bond acceptors (Lipinski definition) is 5. The third-order valence-electron chi connectivity index (χ3n) is 3.35. The topological polar surface area (TPSA) is 80.5 Å². The van der Waals surface area contributed by atoms with Crippen LogP contribution in [-0.4, -0.2) is 28.2 Å². The molecule has 0 N–H and O–H groups in total. The molecular formula is C14H16N2O4S. The van der Waals surface area contributed by atoms with Crippen LogP contribution in [-0.2, 0) is 9.59 Å². The normalized spacial score (nSPS) is 18.1. The zero-order valence-corrected chi connectivity index (χ0v) is 12.7. The van der Waals surface area contributed by atoms with Gasteiger partial charge in [0.05, 0.1) is 4.92 Å². The molecule has 1 saturated heterocycles. The lowest BCUT2D eigenvalue weighted by Crippen LogP contribution is -2.25. The number of nitrogens with zero attached hydrogens (tertiary/aromatic N) is 2. The molecule has 1 heterocycles. The Morgan fingerprint density at radius 1 is 1.52 bits per heavy atom. The van der Waals surface area contributed by atoms with Crippen LogP contribution in [0.1, 0.15) is 18.9 Å². The molecule has 1 aromatic carbocycles. The van der Waals surface area contributed by atoms with Crippen molar-refractivity contribution in [2.24, 2.45) is 5.92 Å². The molecule has 2 rings (SSSR count). The Balaban J connectivity index is 2.22. The number of amides is 1. The highest BCUT2D eigenvalue weighted by Gasteiger charge is 2.34. The van der Waals surface area contributed by atoms with Gasteiger partial charge in [-0.1, -0.05) is 17.8 Å². The van der Waals surface area contributed by atoms with Gasteiger partial charge in [0.15, 0.2) is 5.12 Å². The molecule has 0 aromatic heterocycles. The average molecular weight is 308 g/mol. The molecule has 1 amide bonds. The van der Waals surface area contributed by atoms with E-state index in [0.29, 0.717) is 24.4 Å². The largest absolute Gasteiger partial charge is 0.306 e. The van der Waals surface area contributed by atoms with Gasteiger partial charge in [0.1, 0.15) is 5.69 Å². The fourth-order valence-electron chi connectivity index (χ4n) is 2.37. The van der Waals surface area contributed by atoms with E-state index in [9.17, 15) is 19.7 Å². The van der Waals surface area contributed by atoms with Gasteiger partial charge in [0.2, 0.25) is 5.91 Å². The van der Waals surface area contributed by atoms with Crippen molar-refractivity contribution >= 4 is 34.2 Å². The maximum atomic E-state index is 12.1. The Morgan fingerprint density at radius 3 is 2.86 bits per heavy atom. The highest BCUT2D eigenvalue weighted by atomic mass is 32.2. The van der Waals surface area contributed by atoms with E-state index in [1.54, 1.807) is 12.1 Å². The number of carbonyl (C=O) groups excluding carboxylic acids is 2. The Kier molecular flexibility index (Phi) is 4.62. The Bertz CT molecular complexity index is 603. The van der Waals surface area contributed by atoms with E-state index < -0.39 is 4.92 Å². The minimum Gasteiger partial charge on any atom is -0.306 e. The van der Waals surface area contributed by atoms with Gasteiger partial charge < -0.3 is 4.90 Å². The Hall–Kier alpha value is -1.89. The minimum atomic E-state index is -0.473. The number of rotatable bonds is 4. The van der Waals surface area contributed by atoms with Crippen LogP contribution in [0.4, 0.5) is 11.4 Å². The average Bonchev–Trinajstić information content (AvgIpc) is 2.77. The van der Waals surface area contributed by atoms with E-state index in [4.69, 9.17) is 0 Å². The van der Waals surface area contributed by atoms with Gasteiger partial charge in [0.25, 0.3) is 5.69 Å². The molecule has 6 nitrogen and oxygen atoms in total. The summed E-state index contributed by atoms with van der Waals surface area (Å²) in [5.74, 6) is 0.487. The van der Waals surface area contributed by atoms with Gasteiger partial charge in [-0.15, -0.1) is 0 Å². The molecule has 1 aliphatic rings. The molecule has 21 heavy (non-hydrogen) atoms. The van der Waals surface area contributed by atoms with E-state index in [2.05, 4.69) is 0 Å². The van der Waals surface area contributed by atoms with Crippen molar-refractivity contribution in [2.45, 2.75) is 20.3 Å². The predicted octanol–water partition coefficient (Wildman–Crippen LogP) is 2.54. The molecular weight excluding hydrogens is 292 g/mol. The molecule has 1 aliphatic heterocycles. The summed E-state index contributed by atoms with van der Waals surface area (Å²) in [5.41, 5.74) is 1.15. The summed E-state index contributed by atoms with van der Waals surface area (Å²) in [6.07, 6.45) is 0.325. The van der Waals surface area contributed by atoms with Crippen LogP contribution in [0, 0.1) is 23.0 Å². The van der Waals surface area contributed by atoms with Crippen molar-refractivity contribution in [3.63, 3.8) is 0 Å². The van der Waals surface area contributed by atoms with Gasteiger partial charge in [-0.25, -0.2) is 0 Å². The number of thioether (sulfide) groups is 1. The van der Waals surface area contributed by atoms with Crippen molar-refractivity contribution in [2.75, 3.05) is 17.2 Å². The third kappa shape index (κ3) is 3.60. The summed E-state index contributed by atoms with van der Waals surface area (Å²) in [4.78, 5) is 35.2. The summed E-state index contributed by atoms with van der Waals surface area (Å²) in [6, 6.07) is 4.75. The lowest BCUT2D eigenvalue weighted by molar-refractivity contribution is -0.384. The first-order chi connectivity index (χ1) is 9.88. The molecule has 0 saturated carbocycles. The summed E-state index contributed by atoms with van der Waals surface area (Å²) >= 11 is 1.19. The monoisotopic (exact) mass is 308 g/mol. The zero-order valence-electron chi connectivity index (χ0n) is 11.9. The quantitative estimate of drug-likeness (QED) is 0.630. The Morgan fingerprint density at radius 2 is 2.24 bits per heavy atom. The Labute approximate surface area is 126 Å². The third-order valence-corrected chi connectivity index (χ3v) is 4.39. The van der Waals surface area contributed by atoms with Gasteiger partial charge in [-0.05, 0) is 24.5 Å². The number of aryl methyl sites for hydroxylation is 1. The second-order valence-corrected chi connectivity index (χ2v) is 6.32. The van der Waals surface area contributed by atoms with E-state index >= 15 is 0 Å². The first kappa shape index (κ1) is 15.5. The predicted molar refractivity (Wildman–Crippen MR) is 81.4 cm³/mol. The number of anilines is 1. The molecule has 1 fully saturated rings. The van der Waals surface area contributed by atoms with Gasteiger partial charge in [-0.2, -0.15) is 0 Å². The van der Waals surface area contributed by atoms with Crippen molar-refractivity contribution in [1.29, 1.82) is 0 Å². The van der Waals surface area contributed by atoms with E-state index in [-0.39, 0.29) is 22.6 Å². The number of hydrogen-bond donors (Lipinski definition) is 0. The van der Waals surface area contributed by atoms with Crippen LogP contribution in [0.5, 0.6) is 0 Å². The lowest BCUT2D eigenvalue weighted by Gasteiger charge is -2.17. The second kappa shape index (κ2) is 6.26. The zero-order chi connectivity index (χ0) is 15.6. The number of nitro benzene ring substituents is 1. The van der Waals surface area contributed by atoms with Crippen molar-refractivity contribution < 1.29 is 14.5 Å². The summed E-state index contributed by atoms with van der Waals surface area (Å²) in [7, 11) is 0. The second-order valence-electron chi connectivity index (χ2n) is 5.13. The van der Waals surface area contributed by atoms with Crippen molar-refractivity contribution in [3.05, 3.63) is 33.9 Å². The highest BCUT2D eigenvalue weighted by Crippen LogP contribution is 2.34. The molecule has 0 bridgehead atoms. The van der Waals surface area contributed by atoms with E-state index in [1.165, 1.54) is 29.7 Å². The molecule has 0 radical (unpaired) electrons. The summed E-state index contributed by atoms with van der Waals surface area (Å²) < 4.78 is 0. The first-order valence-corrected chi connectivity index (χ1v) is 7.56. The molecule has 112 valence electrons. The molecule has 1 atom stereocenters. The van der Waals surface area contributed by atoms with E-state index in [0.717, 1.165) is 5.56 Å². The maximum absolute atomic E-state index is 12.1. The van der Waals surface area contributed by atoms with Crippen LogP contribution in [0.25, 0.3) is 0 Å². The fraction of sp³-hybridized carbons (Fsp3) is 0.429. The van der Waals surface area contributed by atoms with Crippen LogP contribution in [0.15, 0.2) is 18.2 Å². The standard InChI is InChI=1S/C14H16N2O4S/c1-9-3-4-12(16(19)20)13(5-9)15-7-11(6-14(15)18)8-21-10(2)17/h3-5,11H,6-8H2,1-2H3.